The number of imidazole rings is 1. The molecular formula is C30H26ClN3O. The van der Waals surface area contributed by atoms with Crippen LogP contribution >= 0.6 is 11.6 Å². The number of fused-ring (bicyclic) bond motifs is 2. The highest BCUT2D eigenvalue weighted by atomic mass is 35.5. The normalized spacial score (nSPS) is 14.0. The van der Waals surface area contributed by atoms with Crippen molar-refractivity contribution in [1.82, 2.24) is 14.5 Å². The zero-order valence-corrected chi connectivity index (χ0v) is 20.2. The fourth-order valence-electron chi connectivity index (χ4n) is 4.88. The van der Waals surface area contributed by atoms with Crippen LogP contribution in [0.1, 0.15) is 11.1 Å². The van der Waals surface area contributed by atoms with Crippen LogP contribution in [0.4, 0.5) is 0 Å². The minimum atomic E-state index is 0.704. The largest absolute Gasteiger partial charge is 0.378 e. The lowest BCUT2D eigenvalue weighted by molar-refractivity contribution is 0.0641. The van der Waals surface area contributed by atoms with E-state index in [0.717, 1.165) is 65.0 Å². The van der Waals surface area contributed by atoms with Gasteiger partial charge < -0.3 is 14.2 Å². The topological polar surface area (TPSA) is 30.3 Å². The first-order valence-corrected chi connectivity index (χ1v) is 12.3. The molecule has 5 heteroatoms. The zero-order chi connectivity index (χ0) is 23.8. The van der Waals surface area contributed by atoms with Crippen LogP contribution in [0.5, 0.6) is 0 Å². The van der Waals surface area contributed by atoms with Crippen LogP contribution < -0.4 is 0 Å². The molecule has 0 bridgehead atoms. The Hall–Kier alpha value is -3.60. The first-order chi connectivity index (χ1) is 17.2. The zero-order valence-electron chi connectivity index (χ0n) is 19.5. The van der Waals surface area contributed by atoms with Gasteiger partial charge >= 0.3 is 0 Å². The van der Waals surface area contributed by atoms with Crippen molar-refractivity contribution in [1.29, 1.82) is 0 Å². The third-order valence-corrected chi connectivity index (χ3v) is 7.01. The molecule has 1 fully saturated rings. The molecule has 0 unspecified atom stereocenters. The number of morpholine rings is 1. The molecule has 35 heavy (non-hydrogen) atoms. The fourth-order valence-corrected chi connectivity index (χ4v) is 5.01. The SMILES string of the molecule is C=C(c1ccc2c(c1)nc(-c1cccc3ccccc13)n2Cc1ccc(Cl)cc1)N1CCOCC1. The van der Waals surface area contributed by atoms with E-state index in [1.54, 1.807) is 0 Å². The van der Waals surface area contributed by atoms with Gasteiger partial charge in [0, 0.05) is 35.9 Å². The van der Waals surface area contributed by atoms with Crippen LogP contribution in [0.25, 0.3) is 38.9 Å². The summed E-state index contributed by atoms with van der Waals surface area (Å²) in [4.78, 5) is 7.48. The van der Waals surface area contributed by atoms with Gasteiger partial charge in [-0.3, -0.25) is 0 Å². The van der Waals surface area contributed by atoms with Crippen molar-refractivity contribution in [2.24, 2.45) is 0 Å². The highest BCUT2D eigenvalue weighted by Gasteiger charge is 2.18. The quantitative estimate of drug-likeness (QED) is 0.276. The predicted octanol–water partition coefficient (Wildman–Crippen LogP) is 6.86. The lowest BCUT2D eigenvalue weighted by atomic mass is 10.0. The molecule has 0 atom stereocenters. The van der Waals surface area contributed by atoms with E-state index < -0.39 is 0 Å². The van der Waals surface area contributed by atoms with Gasteiger partial charge in [0.25, 0.3) is 0 Å². The summed E-state index contributed by atoms with van der Waals surface area (Å²) in [6.07, 6.45) is 0. The van der Waals surface area contributed by atoms with E-state index >= 15 is 0 Å². The number of hydrogen-bond acceptors (Lipinski definition) is 3. The monoisotopic (exact) mass is 479 g/mol. The van der Waals surface area contributed by atoms with E-state index in [2.05, 4.69) is 88.8 Å². The lowest BCUT2D eigenvalue weighted by Crippen LogP contribution is -2.34. The van der Waals surface area contributed by atoms with Gasteiger partial charge in [-0.25, -0.2) is 4.98 Å². The minimum Gasteiger partial charge on any atom is -0.378 e. The first-order valence-electron chi connectivity index (χ1n) is 11.9. The fraction of sp³-hybridized carbons (Fsp3) is 0.167. The molecular weight excluding hydrogens is 454 g/mol. The number of rotatable bonds is 5. The highest BCUT2D eigenvalue weighted by molar-refractivity contribution is 6.30. The van der Waals surface area contributed by atoms with Gasteiger partial charge in [0.05, 0.1) is 24.2 Å². The van der Waals surface area contributed by atoms with Gasteiger partial charge in [-0.05, 0) is 46.2 Å². The summed E-state index contributed by atoms with van der Waals surface area (Å²) in [7, 11) is 0. The molecule has 6 rings (SSSR count). The predicted molar refractivity (Wildman–Crippen MR) is 145 cm³/mol. The third kappa shape index (κ3) is 4.20. The van der Waals surface area contributed by atoms with Crippen molar-refractivity contribution < 1.29 is 4.74 Å². The summed E-state index contributed by atoms with van der Waals surface area (Å²) in [6.45, 7) is 8.29. The molecule has 0 radical (unpaired) electrons. The number of ether oxygens (including phenoxy) is 1. The number of nitrogens with zero attached hydrogens (tertiary/aromatic N) is 3. The molecule has 0 aliphatic carbocycles. The highest BCUT2D eigenvalue weighted by Crippen LogP contribution is 2.33. The van der Waals surface area contributed by atoms with E-state index in [1.165, 1.54) is 16.3 Å². The summed E-state index contributed by atoms with van der Waals surface area (Å²) >= 11 is 6.15. The molecule has 0 N–H and O–H groups in total. The Morgan fingerprint density at radius 2 is 1.69 bits per heavy atom. The maximum absolute atomic E-state index is 6.15. The summed E-state index contributed by atoms with van der Waals surface area (Å²) in [5, 5.41) is 3.14. The number of benzene rings is 4. The molecule has 1 aliphatic rings. The first kappa shape index (κ1) is 21.9. The van der Waals surface area contributed by atoms with Crippen molar-refractivity contribution >= 4 is 39.1 Å². The van der Waals surface area contributed by atoms with Crippen LogP contribution in [-0.4, -0.2) is 40.8 Å². The van der Waals surface area contributed by atoms with Crippen LogP contribution in [0.15, 0.2) is 91.5 Å². The van der Waals surface area contributed by atoms with E-state index in [-0.39, 0.29) is 0 Å². The Morgan fingerprint density at radius 3 is 2.51 bits per heavy atom. The van der Waals surface area contributed by atoms with Crippen molar-refractivity contribution in [3.8, 4) is 11.4 Å². The smallest absolute Gasteiger partial charge is 0.142 e. The van der Waals surface area contributed by atoms with Gasteiger partial charge in [-0.1, -0.05) is 78.8 Å². The average molecular weight is 480 g/mol. The van der Waals surface area contributed by atoms with E-state index in [4.69, 9.17) is 21.3 Å². The van der Waals surface area contributed by atoms with Crippen LogP contribution in [0.3, 0.4) is 0 Å². The number of halogens is 1. The van der Waals surface area contributed by atoms with Crippen molar-refractivity contribution in [3.63, 3.8) is 0 Å². The minimum absolute atomic E-state index is 0.704. The molecule has 1 aliphatic heterocycles. The second kappa shape index (κ2) is 9.21. The third-order valence-electron chi connectivity index (χ3n) is 6.76. The summed E-state index contributed by atoms with van der Waals surface area (Å²) in [5.74, 6) is 0.959. The van der Waals surface area contributed by atoms with Crippen molar-refractivity contribution in [2.45, 2.75) is 6.54 Å². The van der Waals surface area contributed by atoms with Gasteiger partial charge in [-0.15, -0.1) is 0 Å². The van der Waals surface area contributed by atoms with Crippen LogP contribution in [0, 0.1) is 0 Å². The number of hydrogen-bond donors (Lipinski definition) is 0. The van der Waals surface area contributed by atoms with Gasteiger partial charge in [-0.2, -0.15) is 0 Å². The summed E-state index contributed by atoms with van der Waals surface area (Å²) in [6, 6.07) is 29.4. The van der Waals surface area contributed by atoms with Crippen LogP contribution in [-0.2, 0) is 11.3 Å². The average Bonchev–Trinajstić information content (AvgIpc) is 3.27. The standard InChI is InChI=1S/C30H26ClN3O/c1-21(33-15-17-35-18-16-33)24-11-14-29-28(19-24)32-30(34(29)20-22-9-12-25(31)13-10-22)27-8-4-6-23-5-2-3-7-26(23)27/h2-14,19H,1,15-18,20H2. The van der Waals surface area contributed by atoms with Gasteiger partial charge in [0.1, 0.15) is 5.82 Å². The van der Waals surface area contributed by atoms with Crippen molar-refractivity contribution in [2.75, 3.05) is 26.3 Å². The Morgan fingerprint density at radius 1 is 0.914 bits per heavy atom. The van der Waals surface area contributed by atoms with Crippen LogP contribution in [0.2, 0.25) is 5.02 Å². The Bertz CT molecular complexity index is 1530. The summed E-state index contributed by atoms with van der Waals surface area (Å²) < 4.78 is 7.82. The summed E-state index contributed by atoms with van der Waals surface area (Å²) in [5.41, 5.74) is 6.49. The Kier molecular flexibility index (Phi) is 5.77. The molecule has 4 aromatic carbocycles. The maximum Gasteiger partial charge on any atom is 0.142 e. The van der Waals surface area contributed by atoms with E-state index in [9.17, 15) is 0 Å². The van der Waals surface area contributed by atoms with E-state index in [1.807, 2.05) is 12.1 Å². The maximum atomic E-state index is 6.15. The molecule has 1 saturated heterocycles. The van der Waals surface area contributed by atoms with Crippen molar-refractivity contribution in [3.05, 3.63) is 108 Å². The lowest BCUT2D eigenvalue weighted by Gasteiger charge is -2.30. The molecule has 0 spiro atoms. The Balaban J connectivity index is 1.50. The molecule has 174 valence electrons. The molecule has 2 heterocycles. The molecule has 1 aromatic heterocycles. The Labute approximate surface area is 210 Å². The number of aromatic nitrogens is 2. The van der Waals surface area contributed by atoms with E-state index in [0.29, 0.717) is 6.54 Å². The molecule has 0 amide bonds. The van der Waals surface area contributed by atoms with Gasteiger partial charge in [0.2, 0.25) is 0 Å². The molecule has 0 saturated carbocycles. The van der Waals surface area contributed by atoms with Gasteiger partial charge in [0.15, 0.2) is 0 Å². The molecule has 5 aromatic rings. The molecule has 4 nitrogen and oxygen atoms in total. The second-order valence-corrected chi connectivity index (χ2v) is 9.36. The second-order valence-electron chi connectivity index (χ2n) is 8.92.